The van der Waals surface area contributed by atoms with Gasteiger partial charge in [-0.2, -0.15) is 0 Å². The molecule has 2 amide bonds. The van der Waals surface area contributed by atoms with E-state index in [0.717, 1.165) is 43.5 Å². The number of rotatable bonds is 1. The van der Waals surface area contributed by atoms with E-state index in [2.05, 4.69) is 16.4 Å². The summed E-state index contributed by atoms with van der Waals surface area (Å²) in [7, 11) is 0. The van der Waals surface area contributed by atoms with Gasteiger partial charge in [-0.25, -0.2) is 4.98 Å². The van der Waals surface area contributed by atoms with Gasteiger partial charge in [-0.1, -0.05) is 30.7 Å². The van der Waals surface area contributed by atoms with Gasteiger partial charge in [0.05, 0.1) is 10.9 Å². The molecule has 1 N–H and O–H groups in total. The number of benzene rings is 2. The molecule has 31 heavy (non-hydrogen) atoms. The third kappa shape index (κ3) is 3.71. The summed E-state index contributed by atoms with van der Waals surface area (Å²) in [6, 6.07) is 13.0. The normalized spacial score (nSPS) is 15.7. The summed E-state index contributed by atoms with van der Waals surface area (Å²) in [5.41, 5.74) is 3.25. The monoisotopic (exact) mass is 416 g/mol. The van der Waals surface area contributed by atoms with Crippen LogP contribution < -0.4 is 10.9 Å². The third-order valence-corrected chi connectivity index (χ3v) is 6.19. The van der Waals surface area contributed by atoms with Gasteiger partial charge in [0.25, 0.3) is 5.56 Å². The van der Waals surface area contributed by atoms with Crippen LogP contribution in [-0.4, -0.2) is 32.8 Å². The van der Waals surface area contributed by atoms with Gasteiger partial charge in [-0.05, 0) is 48.6 Å². The first-order chi connectivity index (χ1) is 15.1. The topological polar surface area (TPSA) is 84.3 Å². The standard InChI is InChI=1S/C24H24N4O3/c29-22(24(31)27-13-11-16-6-3-4-7-17(16)15-27)25-18-9-10-20-19(14-18)23(30)28-12-5-1-2-8-21(28)26-20/h3-4,6-7,9-10,14H,1-2,5,8,11-13,15H2,(H,25,29). The molecule has 0 radical (unpaired) electrons. The van der Waals surface area contributed by atoms with Crippen LogP contribution in [0.3, 0.4) is 0 Å². The van der Waals surface area contributed by atoms with Crippen LogP contribution in [-0.2, 0) is 35.5 Å². The summed E-state index contributed by atoms with van der Waals surface area (Å²) in [6.45, 7) is 1.61. The Morgan fingerprint density at radius 1 is 0.935 bits per heavy atom. The number of hydrogen-bond donors (Lipinski definition) is 1. The number of hydrogen-bond acceptors (Lipinski definition) is 4. The Labute approximate surface area is 179 Å². The summed E-state index contributed by atoms with van der Waals surface area (Å²) in [5, 5.41) is 3.13. The summed E-state index contributed by atoms with van der Waals surface area (Å²) in [6.07, 6.45) is 4.62. The summed E-state index contributed by atoms with van der Waals surface area (Å²) in [4.78, 5) is 44.6. The maximum Gasteiger partial charge on any atom is 0.313 e. The first-order valence-corrected chi connectivity index (χ1v) is 10.8. The lowest BCUT2D eigenvalue weighted by atomic mass is 10.00. The molecule has 158 valence electrons. The number of amides is 2. The second-order valence-corrected chi connectivity index (χ2v) is 8.23. The molecule has 7 nitrogen and oxygen atoms in total. The van der Waals surface area contributed by atoms with E-state index in [1.807, 2.05) is 18.2 Å². The Kier molecular flexibility index (Phi) is 5.02. The molecule has 7 heteroatoms. The van der Waals surface area contributed by atoms with Crippen molar-refractivity contribution in [2.45, 2.75) is 45.2 Å². The SMILES string of the molecule is O=C(Nc1ccc2nc3n(c(=O)c2c1)CCCCC3)C(=O)N1CCc2ccccc2C1. The lowest BCUT2D eigenvalue weighted by molar-refractivity contribution is -0.143. The zero-order valence-electron chi connectivity index (χ0n) is 17.3. The van der Waals surface area contributed by atoms with Crippen molar-refractivity contribution in [2.75, 3.05) is 11.9 Å². The van der Waals surface area contributed by atoms with Gasteiger partial charge in [-0.3, -0.25) is 19.0 Å². The van der Waals surface area contributed by atoms with Crippen LogP contribution in [0.1, 0.15) is 36.2 Å². The number of aryl methyl sites for hydroxylation is 1. The van der Waals surface area contributed by atoms with E-state index < -0.39 is 11.8 Å². The molecular formula is C24H24N4O3. The molecule has 0 fully saturated rings. The van der Waals surface area contributed by atoms with Gasteiger partial charge in [0.2, 0.25) is 0 Å². The number of fused-ring (bicyclic) bond motifs is 3. The largest absolute Gasteiger partial charge is 0.330 e. The fourth-order valence-corrected chi connectivity index (χ4v) is 4.49. The van der Waals surface area contributed by atoms with Crippen molar-refractivity contribution in [3.63, 3.8) is 0 Å². The second-order valence-electron chi connectivity index (χ2n) is 8.23. The van der Waals surface area contributed by atoms with E-state index in [0.29, 0.717) is 36.2 Å². The Hall–Kier alpha value is -3.48. The van der Waals surface area contributed by atoms with Crippen LogP contribution in [0, 0.1) is 0 Å². The summed E-state index contributed by atoms with van der Waals surface area (Å²) in [5.74, 6) is -0.430. The molecule has 0 atom stereocenters. The van der Waals surface area contributed by atoms with Gasteiger partial charge in [0.1, 0.15) is 5.82 Å². The van der Waals surface area contributed by atoms with Crippen molar-refractivity contribution in [2.24, 2.45) is 0 Å². The Bertz CT molecular complexity index is 1250. The van der Waals surface area contributed by atoms with Crippen LogP contribution in [0.25, 0.3) is 10.9 Å². The average molecular weight is 416 g/mol. The molecule has 5 rings (SSSR count). The summed E-state index contributed by atoms with van der Waals surface area (Å²) >= 11 is 0. The molecule has 0 saturated carbocycles. The lowest BCUT2D eigenvalue weighted by Gasteiger charge is -2.28. The molecule has 2 aromatic carbocycles. The highest BCUT2D eigenvalue weighted by molar-refractivity contribution is 6.39. The Balaban J connectivity index is 1.36. The molecule has 0 aliphatic carbocycles. The van der Waals surface area contributed by atoms with Crippen molar-refractivity contribution >= 4 is 28.4 Å². The minimum Gasteiger partial charge on any atom is -0.330 e. The van der Waals surface area contributed by atoms with Crippen molar-refractivity contribution in [3.05, 3.63) is 69.8 Å². The minimum atomic E-state index is -0.693. The highest BCUT2D eigenvalue weighted by atomic mass is 16.2. The van der Waals surface area contributed by atoms with E-state index in [1.54, 1.807) is 27.7 Å². The average Bonchev–Trinajstić information content (AvgIpc) is 3.04. The first kappa shape index (κ1) is 19.5. The van der Waals surface area contributed by atoms with E-state index in [9.17, 15) is 14.4 Å². The summed E-state index contributed by atoms with van der Waals surface area (Å²) < 4.78 is 1.75. The van der Waals surface area contributed by atoms with Gasteiger partial charge >= 0.3 is 11.8 Å². The number of carbonyl (C=O) groups is 2. The zero-order chi connectivity index (χ0) is 21.4. The fraction of sp³-hybridized carbons (Fsp3) is 0.333. The van der Waals surface area contributed by atoms with Crippen molar-refractivity contribution in [1.82, 2.24) is 14.5 Å². The van der Waals surface area contributed by atoms with Gasteiger partial charge in [-0.15, -0.1) is 0 Å². The smallest absolute Gasteiger partial charge is 0.313 e. The number of nitrogens with one attached hydrogen (secondary N) is 1. The fourth-order valence-electron chi connectivity index (χ4n) is 4.49. The van der Waals surface area contributed by atoms with Crippen LogP contribution in [0.5, 0.6) is 0 Å². The molecule has 2 aliphatic heterocycles. The number of anilines is 1. The highest BCUT2D eigenvalue weighted by Crippen LogP contribution is 2.20. The second kappa shape index (κ2) is 7.98. The number of carbonyl (C=O) groups excluding carboxylic acids is 2. The molecule has 1 aromatic heterocycles. The van der Waals surface area contributed by atoms with Crippen LogP contribution >= 0.6 is 0 Å². The van der Waals surface area contributed by atoms with E-state index in [4.69, 9.17) is 0 Å². The quantitative estimate of drug-likeness (QED) is 0.618. The lowest BCUT2D eigenvalue weighted by Crippen LogP contribution is -2.42. The first-order valence-electron chi connectivity index (χ1n) is 10.8. The maximum atomic E-state index is 13.0. The molecule has 0 saturated heterocycles. The van der Waals surface area contributed by atoms with Crippen molar-refractivity contribution in [3.8, 4) is 0 Å². The van der Waals surface area contributed by atoms with Crippen molar-refractivity contribution < 1.29 is 9.59 Å². The molecule has 3 aromatic rings. The maximum absolute atomic E-state index is 13.0. The van der Waals surface area contributed by atoms with E-state index >= 15 is 0 Å². The van der Waals surface area contributed by atoms with Gasteiger partial charge in [0.15, 0.2) is 0 Å². The third-order valence-electron chi connectivity index (χ3n) is 6.19. The number of nitrogens with zero attached hydrogens (tertiary/aromatic N) is 3. The molecule has 0 bridgehead atoms. The van der Waals surface area contributed by atoms with Crippen LogP contribution in [0.2, 0.25) is 0 Å². The molecule has 0 spiro atoms. The van der Waals surface area contributed by atoms with Gasteiger partial charge in [0, 0.05) is 31.7 Å². The predicted octanol–water partition coefficient (Wildman–Crippen LogP) is 2.65. The van der Waals surface area contributed by atoms with Crippen LogP contribution in [0.4, 0.5) is 5.69 Å². The van der Waals surface area contributed by atoms with Crippen LogP contribution in [0.15, 0.2) is 47.3 Å². The zero-order valence-corrected chi connectivity index (χ0v) is 17.3. The Morgan fingerprint density at radius 3 is 2.65 bits per heavy atom. The molecule has 3 heterocycles. The number of aromatic nitrogens is 2. The molecular weight excluding hydrogens is 392 g/mol. The molecule has 0 unspecified atom stereocenters. The van der Waals surface area contributed by atoms with E-state index in [1.165, 1.54) is 5.56 Å². The predicted molar refractivity (Wildman–Crippen MR) is 118 cm³/mol. The minimum absolute atomic E-state index is 0.0861. The van der Waals surface area contributed by atoms with E-state index in [-0.39, 0.29) is 5.56 Å². The highest BCUT2D eigenvalue weighted by Gasteiger charge is 2.26. The Morgan fingerprint density at radius 2 is 1.77 bits per heavy atom. The van der Waals surface area contributed by atoms with Crippen molar-refractivity contribution in [1.29, 1.82) is 0 Å². The molecule has 2 aliphatic rings. The van der Waals surface area contributed by atoms with Gasteiger partial charge < -0.3 is 10.2 Å².